The molecule has 132 valence electrons. The molecule has 0 saturated carbocycles. The van der Waals surface area contributed by atoms with Crippen molar-refractivity contribution in [1.29, 1.82) is 0 Å². The van der Waals surface area contributed by atoms with E-state index < -0.39 is 0 Å². The van der Waals surface area contributed by atoms with E-state index in [1.165, 1.54) is 6.42 Å². The molecule has 0 aromatic carbocycles. The van der Waals surface area contributed by atoms with Crippen LogP contribution in [0.5, 0.6) is 0 Å². The summed E-state index contributed by atoms with van der Waals surface area (Å²) in [5.74, 6) is 0.291. The molecule has 0 spiro atoms. The van der Waals surface area contributed by atoms with Crippen LogP contribution in [0.3, 0.4) is 0 Å². The zero-order valence-electron chi connectivity index (χ0n) is 13.7. The Hall–Kier alpha value is -0.0700. The fourth-order valence-electron chi connectivity index (χ4n) is 3.36. The number of nitrogens with one attached hydrogen (secondary N) is 1. The Kier molecular flexibility index (Phi) is 10.6. The summed E-state index contributed by atoms with van der Waals surface area (Å²) in [6.07, 6.45) is 3.70. The maximum absolute atomic E-state index is 12.4. The van der Waals surface area contributed by atoms with Crippen molar-refractivity contribution in [2.75, 3.05) is 32.7 Å². The number of nitrogens with zero attached hydrogens (tertiary/aromatic N) is 2. The fraction of sp³-hybridized carbons (Fsp3) is 0.933. The molecule has 3 unspecified atom stereocenters. The number of aliphatic hydroxyl groups is 1. The summed E-state index contributed by atoms with van der Waals surface area (Å²) >= 11 is 0. The predicted octanol–water partition coefficient (Wildman–Crippen LogP) is 1.28. The lowest BCUT2D eigenvalue weighted by atomic mass is 10.1. The molecule has 2 rings (SSSR count). The second kappa shape index (κ2) is 10.7. The molecule has 3 atom stereocenters. The second-order valence-electron chi connectivity index (χ2n) is 6.24. The molecule has 2 heterocycles. The van der Waals surface area contributed by atoms with E-state index in [9.17, 15) is 9.90 Å². The minimum atomic E-state index is -0.297. The molecule has 2 saturated heterocycles. The molecule has 2 N–H and O–H groups in total. The maximum atomic E-state index is 12.4. The molecule has 0 aliphatic carbocycles. The molecule has 0 radical (unpaired) electrons. The van der Waals surface area contributed by atoms with Crippen molar-refractivity contribution in [2.24, 2.45) is 0 Å². The highest BCUT2D eigenvalue weighted by atomic mass is 35.5. The van der Waals surface area contributed by atoms with Crippen LogP contribution >= 0.6 is 24.8 Å². The molecule has 0 aromatic heterocycles. The summed E-state index contributed by atoms with van der Waals surface area (Å²) in [5.41, 5.74) is 0. The summed E-state index contributed by atoms with van der Waals surface area (Å²) in [6.45, 7) is 8.25. The molecule has 2 fully saturated rings. The Morgan fingerprint density at radius 3 is 2.64 bits per heavy atom. The summed E-state index contributed by atoms with van der Waals surface area (Å²) in [4.78, 5) is 16.7. The van der Waals surface area contributed by atoms with Gasteiger partial charge in [0.25, 0.3) is 0 Å². The largest absolute Gasteiger partial charge is 0.392 e. The van der Waals surface area contributed by atoms with Crippen molar-refractivity contribution >= 4 is 30.7 Å². The Labute approximate surface area is 146 Å². The summed E-state index contributed by atoms with van der Waals surface area (Å²) in [6, 6.07) is 0.775. The average molecular weight is 356 g/mol. The summed E-state index contributed by atoms with van der Waals surface area (Å²) in [5, 5.41) is 12.9. The van der Waals surface area contributed by atoms with Gasteiger partial charge in [-0.05, 0) is 32.7 Å². The third-order valence-electron chi connectivity index (χ3n) is 4.51. The van der Waals surface area contributed by atoms with Gasteiger partial charge >= 0.3 is 0 Å². The lowest BCUT2D eigenvalue weighted by Gasteiger charge is -2.42. The molecular weight excluding hydrogens is 325 g/mol. The number of piperazine rings is 1. The minimum absolute atomic E-state index is 0. The Morgan fingerprint density at radius 1 is 1.36 bits per heavy atom. The van der Waals surface area contributed by atoms with Crippen molar-refractivity contribution in [3.8, 4) is 0 Å². The number of amides is 1. The number of β-amino-alcohol motifs (C(OH)–C–C–N with tert-alkyl or cyclic N) is 1. The van der Waals surface area contributed by atoms with Crippen LogP contribution in [0, 0.1) is 0 Å². The van der Waals surface area contributed by atoms with Gasteiger partial charge in [0.15, 0.2) is 0 Å². The van der Waals surface area contributed by atoms with E-state index in [0.29, 0.717) is 31.0 Å². The molecule has 5 nitrogen and oxygen atoms in total. The van der Waals surface area contributed by atoms with E-state index in [1.54, 1.807) is 0 Å². The quantitative estimate of drug-likeness (QED) is 0.779. The number of rotatable bonds is 5. The van der Waals surface area contributed by atoms with Crippen LogP contribution in [-0.2, 0) is 4.79 Å². The maximum Gasteiger partial charge on any atom is 0.224 e. The molecular formula is C15H31Cl2N3O2. The third-order valence-corrected chi connectivity index (χ3v) is 4.51. The average Bonchev–Trinajstić information content (AvgIpc) is 2.91. The van der Waals surface area contributed by atoms with Crippen LogP contribution in [0.2, 0.25) is 0 Å². The molecule has 2 aliphatic rings. The number of hydrogen-bond donors (Lipinski definition) is 2. The number of aliphatic hydroxyl groups excluding tert-OH is 1. The Bertz CT molecular complexity index is 326. The molecule has 7 heteroatoms. The lowest BCUT2D eigenvalue weighted by molar-refractivity contribution is -0.135. The normalized spacial score (nSPS) is 27.0. The number of carbonyl (C=O) groups is 1. The zero-order valence-corrected chi connectivity index (χ0v) is 15.3. The molecule has 0 aromatic rings. The Balaban J connectivity index is 0.00000220. The fourth-order valence-corrected chi connectivity index (χ4v) is 3.36. The lowest BCUT2D eigenvalue weighted by Crippen LogP contribution is -2.56. The van der Waals surface area contributed by atoms with Gasteiger partial charge in [0, 0.05) is 44.7 Å². The van der Waals surface area contributed by atoms with Gasteiger partial charge in [-0.3, -0.25) is 9.69 Å². The van der Waals surface area contributed by atoms with E-state index >= 15 is 0 Å². The van der Waals surface area contributed by atoms with Crippen molar-refractivity contribution in [2.45, 2.75) is 57.7 Å². The van der Waals surface area contributed by atoms with Crippen molar-refractivity contribution < 1.29 is 9.90 Å². The smallest absolute Gasteiger partial charge is 0.224 e. The standard InChI is InChI=1S/C15H29N3O2.2ClH/c1-3-14-11-18(8-7-17(14)10-12(2)19)15(20)9-13-5-4-6-16-13;;/h12-14,16,19H,3-11H2,1-2H3;2*1H. The van der Waals surface area contributed by atoms with Gasteiger partial charge in [0.1, 0.15) is 0 Å². The highest BCUT2D eigenvalue weighted by Gasteiger charge is 2.30. The third kappa shape index (κ3) is 6.20. The van der Waals surface area contributed by atoms with E-state index in [2.05, 4.69) is 17.1 Å². The van der Waals surface area contributed by atoms with E-state index in [4.69, 9.17) is 0 Å². The van der Waals surface area contributed by atoms with Crippen molar-refractivity contribution in [3.63, 3.8) is 0 Å². The van der Waals surface area contributed by atoms with Crippen LogP contribution < -0.4 is 5.32 Å². The van der Waals surface area contributed by atoms with Crippen LogP contribution in [0.15, 0.2) is 0 Å². The predicted molar refractivity (Wildman–Crippen MR) is 94.1 cm³/mol. The monoisotopic (exact) mass is 355 g/mol. The van der Waals surface area contributed by atoms with Gasteiger partial charge in [-0.1, -0.05) is 6.92 Å². The first kappa shape index (κ1) is 21.9. The number of hydrogen-bond acceptors (Lipinski definition) is 4. The first-order valence-electron chi connectivity index (χ1n) is 8.03. The van der Waals surface area contributed by atoms with Gasteiger partial charge in [-0.2, -0.15) is 0 Å². The van der Waals surface area contributed by atoms with Crippen LogP contribution in [0.25, 0.3) is 0 Å². The topological polar surface area (TPSA) is 55.8 Å². The highest BCUT2D eigenvalue weighted by Crippen LogP contribution is 2.16. The van der Waals surface area contributed by atoms with Gasteiger partial charge in [-0.15, -0.1) is 24.8 Å². The van der Waals surface area contributed by atoms with Crippen LogP contribution in [-0.4, -0.2) is 71.7 Å². The van der Waals surface area contributed by atoms with Gasteiger partial charge < -0.3 is 15.3 Å². The highest BCUT2D eigenvalue weighted by molar-refractivity contribution is 5.85. The minimum Gasteiger partial charge on any atom is -0.392 e. The molecule has 2 aliphatic heterocycles. The molecule has 22 heavy (non-hydrogen) atoms. The van der Waals surface area contributed by atoms with E-state index in [-0.39, 0.29) is 30.9 Å². The van der Waals surface area contributed by atoms with Crippen LogP contribution in [0.1, 0.15) is 39.5 Å². The molecule has 1 amide bonds. The summed E-state index contributed by atoms with van der Waals surface area (Å²) in [7, 11) is 0. The zero-order chi connectivity index (χ0) is 14.5. The van der Waals surface area contributed by atoms with Gasteiger partial charge in [0.05, 0.1) is 6.10 Å². The van der Waals surface area contributed by atoms with Crippen LogP contribution in [0.4, 0.5) is 0 Å². The van der Waals surface area contributed by atoms with Crippen molar-refractivity contribution in [3.05, 3.63) is 0 Å². The number of halogens is 2. The van der Waals surface area contributed by atoms with Crippen molar-refractivity contribution in [1.82, 2.24) is 15.1 Å². The second-order valence-corrected chi connectivity index (χ2v) is 6.24. The van der Waals surface area contributed by atoms with E-state index in [1.807, 2.05) is 11.8 Å². The van der Waals surface area contributed by atoms with E-state index in [0.717, 1.165) is 39.0 Å². The molecule has 0 bridgehead atoms. The van der Waals surface area contributed by atoms with Gasteiger partial charge in [0.2, 0.25) is 5.91 Å². The SMILES string of the molecule is CCC1CN(C(=O)CC2CCCN2)CCN1CC(C)O.Cl.Cl. The number of carbonyl (C=O) groups excluding carboxylic acids is 1. The Morgan fingerprint density at radius 2 is 2.09 bits per heavy atom. The van der Waals surface area contributed by atoms with Gasteiger partial charge in [-0.25, -0.2) is 0 Å². The first-order valence-corrected chi connectivity index (χ1v) is 8.03. The first-order chi connectivity index (χ1) is 9.60. The summed E-state index contributed by atoms with van der Waals surface area (Å²) < 4.78 is 0.